The van der Waals surface area contributed by atoms with Crippen LogP contribution in [0.3, 0.4) is 0 Å². The number of amides is 1. The molecule has 0 saturated heterocycles. The third-order valence-corrected chi connectivity index (χ3v) is 6.08. The molecule has 0 aliphatic carbocycles. The van der Waals surface area contributed by atoms with Crippen molar-refractivity contribution >= 4 is 28.6 Å². The second kappa shape index (κ2) is 7.95. The summed E-state index contributed by atoms with van der Waals surface area (Å²) in [4.78, 5) is 22.5. The van der Waals surface area contributed by atoms with Crippen molar-refractivity contribution in [2.24, 2.45) is 0 Å². The van der Waals surface area contributed by atoms with Crippen LogP contribution < -0.4 is 10.1 Å². The zero-order valence-corrected chi connectivity index (χ0v) is 17.0. The number of benzene rings is 1. The average Bonchev–Trinajstić information content (AvgIpc) is 3.46. The number of hydrogen-bond acceptors (Lipinski definition) is 6. The predicted molar refractivity (Wildman–Crippen MR) is 111 cm³/mol. The van der Waals surface area contributed by atoms with Crippen LogP contribution in [0.15, 0.2) is 53.6 Å². The van der Waals surface area contributed by atoms with E-state index in [-0.39, 0.29) is 5.91 Å². The molecule has 4 aromatic rings. The topological polar surface area (TPSA) is 69.0 Å². The van der Waals surface area contributed by atoms with Gasteiger partial charge in [-0.25, -0.2) is 9.97 Å². The fourth-order valence-corrected chi connectivity index (χ4v) is 4.39. The highest BCUT2D eigenvalue weighted by molar-refractivity contribution is 7.20. The highest BCUT2D eigenvalue weighted by atomic mass is 32.1. The largest absolute Gasteiger partial charge is 0.495 e. The maximum atomic E-state index is 12.6. The summed E-state index contributed by atoms with van der Waals surface area (Å²) < 4.78 is 7.34. The highest BCUT2D eigenvalue weighted by Gasteiger charge is 2.13. The van der Waals surface area contributed by atoms with Gasteiger partial charge in [-0.2, -0.15) is 0 Å². The van der Waals surface area contributed by atoms with E-state index < -0.39 is 0 Å². The lowest BCUT2D eigenvalue weighted by Gasteiger charge is -2.11. The van der Waals surface area contributed by atoms with E-state index in [1.54, 1.807) is 48.2 Å². The normalized spacial score (nSPS) is 10.8. The maximum absolute atomic E-state index is 12.6. The molecule has 1 amide bonds. The third kappa shape index (κ3) is 3.83. The number of hydrogen-bond donors (Lipinski definition) is 1. The number of nitrogens with zero attached hydrogens (tertiary/aromatic N) is 3. The van der Waals surface area contributed by atoms with Crippen molar-refractivity contribution in [3.63, 3.8) is 0 Å². The smallest absolute Gasteiger partial charge is 0.251 e. The summed E-state index contributed by atoms with van der Waals surface area (Å²) in [6, 6.07) is 9.41. The zero-order valence-electron chi connectivity index (χ0n) is 15.4. The van der Waals surface area contributed by atoms with Crippen LogP contribution in [-0.2, 0) is 6.54 Å². The Balaban J connectivity index is 1.46. The highest BCUT2D eigenvalue weighted by Crippen LogP contribution is 2.28. The van der Waals surface area contributed by atoms with Gasteiger partial charge < -0.3 is 14.6 Å². The van der Waals surface area contributed by atoms with Gasteiger partial charge in [-0.1, -0.05) is 6.07 Å². The minimum absolute atomic E-state index is 0.169. The molecule has 1 N–H and O–H groups in total. The minimum atomic E-state index is -0.169. The standard InChI is InChI=1S/C20H18N4O2S2/c1-13-10-24(12-22-13)16-6-5-14(8-17(16)26-2)19(25)21-9-15-11-28-20(23-15)18-4-3-7-27-18/h3-8,10-12H,9H2,1-2H3,(H,21,25). The molecule has 0 unspecified atom stereocenters. The van der Waals surface area contributed by atoms with E-state index in [1.165, 1.54) is 0 Å². The molecule has 0 fully saturated rings. The van der Waals surface area contributed by atoms with Gasteiger partial charge >= 0.3 is 0 Å². The molecule has 3 aromatic heterocycles. The summed E-state index contributed by atoms with van der Waals surface area (Å²) in [6.07, 6.45) is 3.63. The van der Waals surface area contributed by atoms with Crippen LogP contribution in [0.4, 0.5) is 0 Å². The Morgan fingerprint density at radius 1 is 1.29 bits per heavy atom. The Hall–Kier alpha value is -2.97. The van der Waals surface area contributed by atoms with Gasteiger partial charge in [0.25, 0.3) is 5.91 Å². The van der Waals surface area contributed by atoms with Crippen LogP contribution >= 0.6 is 22.7 Å². The van der Waals surface area contributed by atoms with Gasteiger partial charge in [0.1, 0.15) is 10.8 Å². The van der Waals surface area contributed by atoms with Gasteiger partial charge in [0.2, 0.25) is 0 Å². The lowest BCUT2D eigenvalue weighted by atomic mass is 10.1. The number of imidazole rings is 1. The molecule has 142 valence electrons. The number of carbonyl (C=O) groups excluding carboxylic acids is 1. The van der Waals surface area contributed by atoms with Crippen LogP contribution in [0.1, 0.15) is 21.7 Å². The Kier molecular flexibility index (Phi) is 5.23. The summed E-state index contributed by atoms with van der Waals surface area (Å²) in [6.45, 7) is 2.30. The molecule has 0 spiro atoms. The van der Waals surface area contributed by atoms with E-state index in [1.807, 2.05) is 46.6 Å². The summed E-state index contributed by atoms with van der Waals surface area (Å²) in [5, 5.41) is 7.90. The van der Waals surface area contributed by atoms with E-state index in [0.29, 0.717) is 17.9 Å². The first kappa shape index (κ1) is 18.4. The van der Waals surface area contributed by atoms with Gasteiger partial charge in [0, 0.05) is 17.1 Å². The second-order valence-electron chi connectivity index (χ2n) is 6.11. The number of thiophene rings is 1. The average molecular weight is 411 g/mol. The quantitative estimate of drug-likeness (QED) is 0.514. The first-order valence-corrected chi connectivity index (χ1v) is 10.4. The predicted octanol–water partition coefficient (Wildman–Crippen LogP) is 4.30. The van der Waals surface area contributed by atoms with Crippen molar-refractivity contribution in [3.05, 3.63) is 70.6 Å². The molecule has 0 bridgehead atoms. The van der Waals surface area contributed by atoms with E-state index >= 15 is 0 Å². The molecule has 0 aliphatic heterocycles. The molecule has 6 nitrogen and oxygen atoms in total. The van der Waals surface area contributed by atoms with E-state index in [4.69, 9.17) is 4.74 Å². The second-order valence-corrected chi connectivity index (χ2v) is 7.92. The van der Waals surface area contributed by atoms with E-state index in [0.717, 1.165) is 27.0 Å². The number of carbonyl (C=O) groups is 1. The van der Waals surface area contributed by atoms with Crippen LogP contribution in [0, 0.1) is 6.92 Å². The molecule has 1 aromatic carbocycles. The number of thiazole rings is 1. The van der Waals surface area contributed by atoms with Crippen molar-refractivity contribution in [2.45, 2.75) is 13.5 Å². The van der Waals surface area contributed by atoms with Gasteiger partial charge in [-0.3, -0.25) is 4.79 Å². The summed E-state index contributed by atoms with van der Waals surface area (Å²) in [5.74, 6) is 0.441. The fourth-order valence-electron chi connectivity index (χ4n) is 2.76. The molecule has 0 saturated carbocycles. The minimum Gasteiger partial charge on any atom is -0.495 e. The van der Waals surface area contributed by atoms with Gasteiger partial charge in [-0.15, -0.1) is 22.7 Å². The summed E-state index contributed by atoms with van der Waals surface area (Å²) >= 11 is 3.24. The molecule has 4 rings (SSSR count). The SMILES string of the molecule is COc1cc(C(=O)NCc2csc(-c3cccs3)n2)ccc1-n1cnc(C)c1. The van der Waals surface area contributed by atoms with Crippen LogP contribution in [0.25, 0.3) is 15.6 Å². The first-order chi connectivity index (χ1) is 13.6. The van der Waals surface area contributed by atoms with E-state index in [9.17, 15) is 4.79 Å². The molecule has 3 heterocycles. The molecule has 0 aliphatic rings. The van der Waals surface area contributed by atoms with Crippen molar-refractivity contribution in [3.8, 4) is 21.3 Å². The molecule has 28 heavy (non-hydrogen) atoms. The number of rotatable bonds is 6. The first-order valence-electron chi connectivity index (χ1n) is 8.59. The van der Waals surface area contributed by atoms with Crippen LogP contribution in [-0.4, -0.2) is 27.6 Å². The van der Waals surface area contributed by atoms with Crippen LogP contribution in [0.2, 0.25) is 0 Å². The van der Waals surface area contributed by atoms with Crippen molar-refractivity contribution in [2.75, 3.05) is 7.11 Å². The molecular formula is C20H18N4O2S2. The lowest BCUT2D eigenvalue weighted by Crippen LogP contribution is -2.23. The molecular weight excluding hydrogens is 392 g/mol. The number of aryl methyl sites for hydroxylation is 1. The Bertz CT molecular complexity index is 1100. The molecule has 8 heteroatoms. The number of ether oxygens (including phenoxy) is 1. The fraction of sp³-hybridized carbons (Fsp3) is 0.150. The van der Waals surface area contributed by atoms with Crippen LogP contribution in [0.5, 0.6) is 5.75 Å². The number of aromatic nitrogens is 3. The van der Waals surface area contributed by atoms with Gasteiger partial charge in [0.15, 0.2) is 0 Å². The summed E-state index contributed by atoms with van der Waals surface area (Å²) in [5.41, 5.74) is 3.12. The molecule has 0 atom stereocenters. The Morgan fingerprint density at radius 3 is 2.89 bits per heavy atom. The van der Waals surface area contributed by atoms with E-state index in [2.05, 4.69) is 15.3 Å². The third-order valence-electron chi connectivity index (χ3n) is 4.15. The zero-order chi connectivity index (χ0) is 19.5. The maximum Gasteiger partial charge on any atom is 0.251 e. The van der Waals surface area contributed by atoms with Crippen molar-refractivity contribution in [1.29, 1.82) is 0 Å². The van der Waals surface area contributed by atoms with Crippen molar-refractivity contribution < 1.29 is 9.53 Å². The Morgan fingerprint density at radius 2 is 2.18 bits per heavy atom. The Labute approximate surface area is 170 Å². The lowest BCUT2D eigenvalue weighted by molar-refractivity contribution is 0.0950. The monoisotopic (exact) mass is 410 g/mol. The number of nitrogens with one attached hydrogen (secondary N) is 1. The van der Waals surface area contributed by atoms with Crippen molar-refractivity contribution in [1.82, 2.24) is 19.9 Å². The van der Waals surface area contributed by atoms with Gasteiger partial charge in [-0.05, 0) is 36.6 Å². The molecule has 0 radical (unpaired) electrons. The van der Waals surface area contributed by atoms with Gasteiger partial charge in [0.05, 0.1) is 41.9 Å². The summed E-state index contributed by atoms with van der Waals surface area (Å²) in [7, 11) is 1.59. The number of methoxy groups -OCH3 is 1.